The number of hydrogen-bond donors (Lipinski definition) is 1. The number of piperidine rings is 1. The van der Waals surface area contributed by atoms with Crippen molar-refractivity contribution in [3.8, 4) is 22.8 Å². The number of aryl methyl sites for hydroxylation is 1. The third-order valence-corrected chi connectivity index (χ3v) is 8.58. The Labute approximate surface area is 209 Å². The number of rotatable bonds is 5. The van der Waals surface area contributed by atoms with E-state index in [4.69, 9.17) is 4.42 Å². The van der Waals surface area contributed by atoms with Gasteiger partial charge in [0.1, 0.15) is 5.82 Å². The first kappa shape index (κ1) is 22.6. The molecule has 0 unspecified atom stereocenters. The molecule has 8 nitrogen and oxygen atoms in total. The summed E-state index contributed by atoms with van der Waals surface area (Å²) in [7, 11) is -3.64. The summed E-state index contributed by atoms with van der Waals surface area (Å²) in [5.41, 5.74) is 4.41. The molecule has 0 bridgehead atoms. The van der Waals surface area contributed by atoms with Crippen molar-refractivity contribution in [3.63, 3.8) is 0 Å². The maximum Gasteiger partial charge on any atom is 0.247 e. The van der Waals surface area contributed by atoms with Crippen molar-refractivity contribution in [3.05, 3.63) is 84.3 Å². The minimum absolute atomic E-state index is 0.0340. The Hall–Kier alpha value is -3.82. The van der Waals surface area contributed by atoms with Gasteiger partial charge in [-0.1, -0.05) is 48.0 Å². The molecule has 0 aliphatic carbocycles. The van der Waals surface area contributed by atoms with Gasteiger partial charge in [-0.3, -0.25) is 0 Å². The molecule has 5 aromatic rings. The first-order chi connectivity index (χ1) is 17.5. The molecule has 1 aliphatic rings. The molecule has 1 N–H and O–H groups in total. The highest BCUT2D eigenvalue weighted by molar-refractivity contribution is 7.89. The molecule has 1 aliphatic heterocycles. The van der Waals surface area contributed by atoms with Crippen LogP contribution in [0.5, 0.6) is 0 Å². The highest BCUT2D eigenvalue weighted by atomic mass is 32.2. The lowest BCUT2D eigenvalue weighted by molar-refractivity contribution is 0.291. The molecule has 1 saturated heterocycles. The van der Waals surface area contributed by atoms with Crippen molar-refractivity contribution in [2.75, 3.05) is 13.1 Å². The molecule has 3 heterocycles. The van der Waals surface area contributed by atoms with Crippen molar-refractivity contribution in [1.29, 1.82) is 0 Å². The van der Waals surface area contributed by atoms with Crippen LogP contribution in [-0.2, 0) is 10.0 Å². The van der Waals surface area contributed by atoms with Crippen LogP contribution in [0.3, 0.4) is 0 Å². The fraction of sp³-hybridized carbons (Fsp3) is 0.222. The van der Waals surface area contributed by atoms with Crippen LogP contribution in [-0.4, -0.2) is 46.0 Å². The summed E-state index contributed by atoms with van der Waals surface area (Å²) in [5, 5.41) is 8.45. The molecular weight excluding hydrogens is 474 g/mol. The normalized spacial score (nSPS) is 15.5. The summed E-state index contributed by atoms with van der Waals surface area (Å²) in [6, 6.07) is 22.7. The summed E-state index contributed by atoms with van der Waals surface area (Å²) < 4.78 is 34.3. The third kappa shape index (κ3) is 4.20. The predicted molar refractivity (Wildman–Crippen MR) is 137 cm³/mol. The van der Waals surface area contributed by atoms with Crippen LogP contribution in [0.2, 0.25) is 0 Å². The molecule has 6 rings (SSSR count). The summed E-state index contributed by atoms with van der Waals surface area (Å²) in [6.45, 7) is 2.82. The van der Waals surface area contributed by atoms with Crippen molar-refractivity contribution in [1.82, 2.24) is 24.5 Å². The average molecular weight is 500 g/mol. The van der Waals surface area contributed by atoms with Gasteiger partial charge in [0.05, 0.1) is 15.9 Å². The molecule has 1 fully saturated rings. The molecule has 3 aromatic carbocycles. The Morgan fingerprint density at radius 1 is 0.917 bits per heavy atom. The van der Waals surface area contributed by atoms with Crippen LogP contribution in [0.25, 0.3) is 33.9 Å². The van der Waals surface area contributed by atoms with Gasteiger partial charge >= 0.3 is 0 Å². The van der Waals surface area contributed by atoms with E-state index in [0.717, 1.165) is 22.2 Å². The van der Waals surface area contributed by atoms with Gasteiger partial charge < -0.3 is 9.40 Å². The fourth-order valence-corrected chi connectivity index (χ4v) is 6.08. The molecule has 9 heteroatoms. The lowest BCUT2D eigenvalue weighted by atomic mass is 9.98. The quantitative estimate of drug-likeness (QED) is 0.358. The van der Waals surface area contributed by atoms with Gasteiger partial charge in [-0.05, 0) is 50.1 Å². The average Bonchev–Trinajstić information content (AvgIpc) is 3.57. The molecule has 0 saturated carbocycles. The molecule has 182 valence electrons. The SMILES string of the molecule is Cc1ccc(-c2nnc(C3CCN(S(=O)(=O)c4ccc5nc(-c6ccccc6)[nH]c5c4)CC3)o2)cc1. The maximum atomic E-state index is 13.4. The zero-order valence-corrected chi connectivity index (χ0v) is 20.6. The number of nitrogens with zero attached hydrogens (tertiary/aromatic N) is 4. The van der Waals surface area contributed by atoms with E-state index in [9.17, 15) is 8.42 Å². The van der Waals surface area contributed by atoms with Crippen molar-refractivity contribution in [2.45, 2.75) is 30.6 Å². The lowest BCUT2D eigenvalue weighted by Gasteiger charge is -2.29. The molecule has 0 radical (unpaired) electrons. The van der Waals surface area contributed by atoms with Gasteiger partial charge in [-0.25, -0.2) is 13.4 Å². The smallest absolute Gasteiger partial charge is 0.247 e. The second-order valence-corrected chi connectivity index (χ2v) is 11.1. The number of hydrogen-bond acceptors (Lipinski definition) is 6. The van der Waals surface area contributed by atoms with Gasteiger partial charge in [0, 0.05) is 30.1 Å². The van der Waals surface area contributed by atoms with Gasteiger partial charge in [-0.15, -0.1) is 10.2 Å². The minimum atomic E-state index is -3.64. The van der Waals surface area contributed by atoms with Gasteiger partial charge in [0.25, 0.3) is 0 Å². The third-order valence-electron chi connectivity index (χ3n) is 6.68. The Morgan fingerprint density at radius 2 is 1.67 bits per heavy atom. The zero-order valence-electron chi connectivity index (χ0n) is 19.8. The fourth-order valence-electron chi connectivity index (χ4n) is 4.59. The Morgan fingerprint density at radius 3 is 2.42 bits per heavy atom. The number of aromatic nitrogens is 4. The van der Waals surface area contributed by atoms with Crippen LogP contribution in [0.1, 0.15) is 30.2 Å². The number of H-pyrrole nitrogens is 1. The van der Waals surface area contributed by atoms with Crippen LogP contribution in [0.15, 0.2) is 82.1 Å². The van der Waals surface area contributed by atoms with Crippen LogP contribution in [0, 0.1) is 6.92 Å². The molecule has 0 atom stereocenters. The molecule has 2 aromatic heterocycles. The number of nitrogens with one attached hydrogen (secondary N) is 1. The largest absolute Gasteiger partial charge is 0.420 e. The van der Waals surface area contributed by atoms with E-state index in [0.29, 0.717) is 49.1 Å². The van der Waals surface area contributed by atoms with Crippen molar-refractivity contribution < 1.29 is 12.8 Å². The minimum Gasteiger partial charge on any atom is -0.420 e. The van der Waals surface area contributed by atoms with E-state index in [1.54, 1.807) is 18.2 Å². The van der Waals surface area contributed by atoms with E-state index < -0.39 is 10.0 Å². The van der Waals surface area contributed by atoms with Gasteiger partial charge in [-0.2, -0.15) is 4.31 Å². The number of aromatic amines is 1. The standard InChI is InChI=1S/C27H25N5O3S/c1-18-7-9-20(10-8-18)26-30-31-27(35-26)21-13-15-32(16-14-21)36(33,34)22-11-12-23-24(17-22)29-25(28-23)19-5-3-2-4-6-19/h2-12,17,21H,13-16H2,1H3,(H,28,29). The van der Waals surface area contributed by atoms with E-state index >= 15 is 0 Å². The number of benzene rings is 3. The monoisotopic (exact) mass is 499 g/mol. The summed E-state index contributed by atoms with van der Waals surface area (Å²) in [5.74, 6) is 1.80. The van der Waals surface area contributed by atoms with Crippen molar-refractivity contribution >= 4 is 21.1 Å². The Bertz CT molecular complexity index is 1620. The predicted octanol–water partition coefficient (Wildman–Crippen LogP) is 5.16. The van der Waals surface area contributed by atoms with E-state index in [2.05, 4.69) is 20.2 Å². The zero-order chi connectivity index (χ0) is 24.7. The molecule has 0 spiro atoms. The van der Waals surface area contributed by atoms with Crippen LogP contribution < -0.4 is 0 Å². The lowest BCUT2D eigenvalue weighted by Crippen LogP contribution is -2.37. The highest BCUT2D eigenvalue weighted by Crippen LogP contribution is 2.32. The van der Waals surface area contributed by atoms with E-state index in [1.807, 2.05) is 61.5 Å². The van der Waals surface area contributed by atoms with Crippen LogP contribution >= 0.6 is 0 Å². The Kier molecular flexibility index (Phi) is 5.66. The molecular formula is C27H25N5O3S. The first-order valence-corrected chi connectivity index (χ1v) is 13.4. The highest BCUT2D eigenvalue weighted by Gasteiger charge is 2.32. The second kappa shape index (κ2) is 9.00. The van der Waals surface area contributed by atoms with Crippen molar-refractivity contribution in [2.24, 2.45) is 0 Å². The maximum absolute atomic E-state index is 13.4. The van der Waals surface area contributed by atoms with E-state index in [1.165, 1.54) is 4.31 Å². The van der Waals surface area contributed by atoms with Crippen LogP contribution in [0.4, 0.5) is 0 Å². The Balaban J connectivity index is 1.17. The summed E-state index contributed by atoms with van der Waals surface area (Å²) >= 11 is 0. The number of fused-ring (bicyclic) bond motifs is 1. The van der Waals surface area contributed by atoms with Gasteiger partial charge in [0.15, 0.2) is 0 Å². The topological polar surface area (TPSA) is 105 Å². The summed E-state index contributed by atoms with van der Waals surface area (Å²) in [4.78, 5) is 8.12. The summed E-state index contributed by atoms with van der Waals surface area (Å²) in [6.07, 6.45) is 1.25. The molecule has 0 amide bonds. The number of imidazole rings is 1. The van der Waals surface area contributed by atoms with Gasteiger partial charge in [0.2, 0.25) is 21.8 Å². The molecule has 36 heavy (non-hydrogen) atoms. The van der Waals surface area contributed by atoms with E-state index in [-0.39, 0.29) is 10.8 Å². The number of sulfonamides is 1. The second-order valence-electron chi connectivity index (χ2n) is 9.12. The first-order valence-electron chi connectivity index (χ1n) is 11.9.